The summed E-state index contributed by atoms with van der Waals surface area (Å²) in [6, 6.07) is 28.5. The molecular formula is C46H44O8P2. The Labute approximate surface area is 327 Å². The highest BCUT2D eigenvalue weighted by Gasteiger charge is 2.28. The van der Waals surface area contributed by atoms with Crippen LogP contribution in [0, 0.1) is 55.4 Å². The average molecular weight is 787 g/mol. The van der Waals surface area contributed by atoms with Crippen molar-refractivity contribution in [3.05, 3.63) is 129 Å². The van der Waals surface area contributed by atoms with Gasteiger partial charge in [-0.15, -0.1) is 0 Å². The fourth-order valence-electron chi connectivity index (χ4n) is 7.30. The van der Waals surface area contributed by atoms with Gasteiger partial charge < -0.3 is 35.3 Å². The molecule has 8 nitrogen and oxygen atoms in total. The molecule has 0 amide bonds. The number of methoxy groups -OCH3 is 2. The van der Waals surface area contributed by atoms with Crippen LogP contribution in [-0.4, -0.2) is 14.2 Å². The van der Waals surface area contributed by atoms with Crippen LogP contribution in [0.5, 0.6) is 23.0 Å². The summed E-state index contributed by atoms with van der Waals surface area (Å²) >= 11 is 0. The normalized spacial score (nSPS) is 11.4. The number of hydrogen-bond acceptors (Lipinski definition) is 8. The van der Waals surface area contributed by atoms with Crippen LogP contribution in [0.1, 0.15) is 44.5 Å². The van der Waals surface area contributed by atoms with Gasteiger partial charge in [0.15, 0.2) is 0 Å². The summed E-state index contributed by atoms with van der Waals surface area (Å²) in [5, 5.41) is 3.81. The van der Waals surface area contributed by atoms with Gasteiger partial charge >= 0.3 is 16.5 Å². The second-order valence-corrected chi connectivity index (χ2v) is 16.4. The summed E-state index contributed by atoms with van der Waals surface area (Å²) in [4.78, 5) is 0. The van der Waals surface area contributed by atoms with Crippen molar-refractivity contribution < 1.29 is 35.3 Å². The maximum Gasteiger partial charge on any atom is 0.453 e. The van der Waals surface area contributed by atoms with Gasteiger partial charge in [-0.2, -0.15) is 0 Å². The van der Waals surface area contributed by atoms with Crippen molar-refractivity contribution in [3.63, 3.8) is 0 Å². The molecule has 0 fully saturated rings. The second-order valence-electron chi connectivity index (χ2n) is 14.4. The van der Waals surface area contributed by atoms with Gasteiger partial charge in [-0.25, -0.2) is 0 Å². The highest BCUT2D eigenvalue weighted by atomic mass is 31.1. The van der Waals surface area contributed by atoms with Crippen LogP contribution in [0.3, 0.4) is 0 Å². The van der Waals surface area contributed by atoms with E-state index in [2.05, 4.69) is 52.0 Å². The number of rotatable bonds is 7. The van der Waals surface area contributed by atoms with Crippen LogP contribution < -0.4 is 18.5 Å². The molecule has 8 rings (SSSR count). The lowest BCUT2D eigenvalue weighted by Gasteiger charge is -2.23. The lowest BCUT2D eigenvalue weighted by Crippen LogP contribution is -2.02. The van der Waals surface area contributed by atoms with E-state index in [1.54, 1.807) is 14.2 Å². The zero-order valence-corrected chi connectivity index (χ0v) is 35.0. The van der Waals surface area contributed by atoms with Crippen LogP contribution in [0.15, 0.2) is 102 Å². The molecule has 0 saturated carbocycles. The van der Waals surface area contributed by atoms with Crippen LogP contribution in [0.4, 0.5) is 0 Å². The molecule has 10 heteroatoms. The Kier molecular flexibility index (Phi) is 9.82. The number of hydrogen-bond donors (Lipinski definition) is 0. The molecule has 8 aromatic rings. The molecule has 0 bridgehead atoms. The Hall–Kier alpha value is -5.68. The van der Waals surface area contributed by atoms with E-state index < -0.39 is 16.5 Å². The first-order valence-corrected chi connectivity index (χ1v) is 20.6. The third-order valence-corrected chi connectivity index (χ3v) is 12.2. The highest BCUT2D eigenvalue weighted by Crippen LogP contribution is 2.53. The number of aryl methyl sites for hydroxylation is 6. The Bertz CT molecular complexity index is 2610. The summed E-state index contributed by atoms with van der Waals surface area (Å²) in [5.74, 6) is 2.51. The van der Waals surface area contributed by atoms with Gasteiger partial charge in [0, 0.05) is 43.8 Å². The lowest BCUT2D eigenvalue weighted by molar-refractivity contribution is 0.409. The van der Waals surface area contributed by atoms with E-state index in [9.17, 15) is 0 Å². The van der Waals surface area contributed by atoms with Crippen molar-refractivity contribution in [2.45, 2.75) is 55.4 Å². The molecule has 0 aliphatic rings. The van der Waals surface area contributed by atoms with Crippen molar-refractivity contribution in [2.75, 3.05) is 14.2 Å². The predicted molar refractivity (Wildman–Crippen MR) is 228 cm³/mol. The molecule has 286 valence electrons. The van der Waals surface area contributed by atoms with Crippen molar-refractivity contribution in [2.24, 2.45) is 0 Å². The molecule has 0 saturated heterocycles. The molecule has 0 aliphatic carbocycles. The Morgan fingerprint density at radius 1 is 0.393 bits per heavy atom. The van der Waals surface area contributed by atoms with E-state index in [0.717, 1.165) is 77.2 Å². The first-order valence-electron chi connectivity index (χ1n) is 18.4. The van der Waals surface area contributed by atoms with Gasteiger partial charge in [0.05, 0.1) is 14.2 Å². The van der Waals surface area contributed by atoms with Crippen molar-refractivity contribution in [1.82, 2.24) is 0 Å². The van der Waals surface area contributed by atoms with Gasteiger partial charge in [0.2, 0.25) is 0 Å². The molecule has 0 aliphatic heterocycles. The van der Waals surface area contributed by atoms with Crippen LogP contribution in [0.2, 0.25) is 0 Å². The molecule has 0 atom stereocenters. The van der Waals surface area contributed by atoms with E-state index in [4.69, 9.17) is 35.3 Å². The Morgan fingerprint density at radius 2 is 0.679 bits per heavy atom. The molecule has 0 N–H and O–H groups in total. The second kappa shape index (κ2) is 14.8. The van der Waals surface area contributed by atoms with Gasteiger partial charge in [-0.1, -0.05) is 46.5 Å². The summed E-state index contributed by atoms with van der Waals surface area (Å²) in [6.45, 7) is 16.3. The first-order chi connectivity index (χ1) is 26.9. The minimum atomic E-state index is -2.00. The van der Waals surface area contributed by atoms with Crippen molar-refractivity contribution >= 4 is 60.4 Å². The van der Waals surface area contributed by atoms with E-state index in [0.29, 0.717) is 45.3 Å². The number of ether oxygens (including phenoxy) is 2. The standard InChI is InChI=1S/C46H44O8P2/c1-25-11-15-37-33(19-25)34-20-26(2)12-16-38(34)50-55(49-37)53-45-29(5)23-41(47-9)31(7)43(45)44-32(8)42(48-10)24-30(6)46(44)54-56-51-39-17-13-27(3)21-35(39)36-22-28(4)14-18-40(36)52-56/h11-24H,1-10H3. The first kappa shape index (κ1) is 37.3. The topological polar surface area (TPSA) is 89.5 Å². The lowest BCUT2D eigenvalue weighted by atomic mass is 9.90. The summed E-state index contributed by atoms with van der Waals surface area (Å²) in [7, 11) is -0.656. The van der Waals surface area contributed by atoms with E-state index in [1.165, 1.54) is 0 Å². The largest absolute Gasteiger partial charge is 0.496 e. The molecule has 6 aromatic carbocycles. The highest BCUT2D eigenvalue weighted by molar-refractivity contribution is 7.32. The summed E-state index contributed by atoms with van der Waals surface area (Å²) in [6.07, 6.45) is 0. The van der Waals surface area contributed by atoms with Gasteiger partial charge in [0.1, 0.15) is 45.3 Å². The third kappa shape index (κ3) is 6.78. The maximum absolute atomic E-state index is 6.97. The molecule has 0 spiro atoms. The molecule has 56 heavy (non-hydrogen) atoms. The van der Waals surface area contributed by atoms with Crippen molar-refractivity contribution in [1.29, 1.82) is 0 Å². The van der Waals surface area contributed by atoms with Gasteiger partial charge in [-0.3, -0.25) is 0 Å². The Morgan fingerprint density at radius 3 is 0.946 bits per heavy atom. The van der Waals surface area contributed by atoms with Crippen LogP contribution in [-0.2, 0) is 0 Å². The third-order valence-electron chi connectivity index (χ3n) is 10.2. The van der Waals surface area contributed by atoms with Gasteiger partial charge in [-0.05, 0) is 127 Å². The van der Waals surface area contributed by atoms with Crippen LogP contribution in [0.25, 0.3) is 55.0 Å². The number of benzene rings is 6. The number of fused-ring (bicyclic) bond motifs is 6. The fourth-order valence-corrected chi connectivity index (χ4v) is 9.57. The maximum atomic E-state index is 6.97. The quantitative estimate of drug-likeness (QED) is 0.158. The monoisotopic (exact) mass is 786 g/mol. The molecular weight excluding hydrogens is 742 g/mol. The zero-order chi connectivity index (χ0) is 39.4. The molecule has 2 aromatic heterocycles. The van der Waals surface area contributed by atoms with E-state index >= 15 is 0 Å². The Balaban J connectivity index is 1.39. The zero-order valence-electron chi connectivity index (χ0n) is 33.2. The SMILES string of the molecule is COc1cc(C)c(Op2oc3ccc(C)cc3c3cc(C)ccc3o2)c(-c2c(C)c(OC)cc(C)c2Op2oc3ccc(C)cc3c3cc(C)ccc3o2)c1C. The molecule has 0 radical (unpaired) electrons. The van der Waals surface area contributed by atoms with Gasteiger partial charge in [0.25, 0.3) is 0 Å². The summed E-state index contributed by atoms with van der Waals surface area (Å²) < 4.78 is 52.4. The predicted octanol–water partition coefficient (Wildman–Crippen LogP) is 14.7. The molecule has 0 unspecified atom stereocenters. The summed E-state index contributed by atoms with van der Waals surface area (Å²) in [5.41, 5.74) is 12.0. The minimum Gasteiger partial charge on any atom is -0.496 e. The molecule has 2 heterocycles. The van der Waals surface area contributed by atoms with Crippen molar-refractivity contribution in [3.8, 4) is 34.1 Å². The smallest absolute Gasteiger partial charge is 0.453 e. The van der Waals surface area contributed by atoms with E-state index in [-0.39, 0.29) is 0 Å². The van der Waals surface area contributed by atoms with E-state index in [1.807, 2.05) is 88.4 Å². The fraction of sp³-hybridized carbons (Fsp3) is 0.217. The minimum absolute atomic E-state index is 0.566. The average Bonchev–Trinajstić information content (AvgIpc) is 3.41. The van der Waals surface area contributed by atoms with Crippen LogP contribution >= 0.6 is 16.5 Å².